The van der Waals surface area contributed by atoms with Crippen molar-refractivity contribution in [1.29, 1.82) is 0 Å². The summed E-state index contributed by atoms with van der Waals surface area (Å²) in [6, 6.07) is 8.43. The molecule has 2 atom stereocenters. The number of nitrogens with two attached hydrogens (primary N) is 1. The van der Waals surface area contributed by atoms with E-state index in [4.69, 9.17) is 10.5 Å². The van der Waals surface area contributed by atoms with Gasteiger partial charge in [-0.25, -0.2) is 0 Å². The Morgan fingerprint density at radius 1 is 1.39 bits per heavy atom. The van der Waals surface area contributed by atoms with Crippen molar-refractivity contribution in [1.82, 2.24) is 0 Å². The summed E-state index contributed by atoms with van der Waals surface area (Å²) in [4.78, 5) is 2.27. The van der Waals surface area contributed by atoms with Crippen LogP contribution in [0.3, 0.4) is 0 Å². The second kappa shape index (κ2) is 6.21. The van der Waals surface area contributed by atoms with Crippen LogP contribution >= 0.6 is 0 Å². The Morgan fingerprint density at radius 2 is 2.17 bits per heavy atom. The van der Waals surface area contributed by atoms with E-state index in [0.717, 1.165) is 13.2 Å². The second-order valence-electron chi connectivity index (χ2n) is 5.22. The van der Waals surface area contributed by atoms with Gasteiger partial charge in [-0.2, -0.15) is 0 Å². The van der Waals surface area contributed by atoms with Crippen molar-refractivity contribution in [2.75, 3.05) is 25.1 Å². The molecule has 0 saturated carbocycles. The summed E-state index contributed by atoms with van der Waals surface area (Å²) in [6.07, 6.45) is 4.03. The van der Waals surface area contributed by atoms with E-state index < -0.39 is 0 Å². The fourth-order valence-corrected chi connectivity index (χ4v) is 2.58. The molecule has 1 heterocycles. The third-order valence-electron chi connectivity index (χ3n) is 3.59. The lowest BCUT2D eigenvalue weighted by atomic mass is 10.0. The van der Waals surface area contributed by atoms with Gasteiger partial charge in [-0.1, -0.05) is 18.2 Å². The van der Waals surface area contributed by atoms with Crippen molar-refractivity contribution in [3.63, 3.8) is 0 Å². The highest BCUT2D eigenvalue weighted by molar-refractivity contribution is 5.54. The zero-order valence-electron chi connectivity index (χ0n) is 11.4. The van der Waals surface area contributed by atoms with Gasteiger partial charge in [0.25, 0.3) is 0 Å². The number of benzene rings is 1. The summed E-state index contributed by atoms with van der Waals surface area (Å²) in [5.41, 5.74) is 8.46. The van der Waals surface area contributed by atoms with Gasteiger partial charge in [-0.3, -0.25) is 0 Å². The van der Waals surface area contributed by atoms with E-state index in [1.807, 2.05) is 13.0 Å². The van der Waals surface area contributed by atoms with Crippen molar-refractivity contribution in [3.05, 3.63) is 29.8 Å². The monoisotopic (exact) mass is 248 g/mol. The Bertz CT molecular complexity index is 373. The van der Waals surface area contributed by atoms with Crippen molar-refractivity contribution >= 4 is 5.69 Å². The predicted octanol–water partition coefficient (Wildman–Crippen LogP) is 2.71. The summed E-state index contributed by atoms with van der Waals surface area (Å²) in [7, 11) is 2.12. The minimum atomic E-state index is 0.0657. The Balaban J connectivity index is 2.05. The first-order chi connectivity index (χ1) is 8.68. The molecule has 1 aliphatic heterocycles. The fraction of sp³-hybridized carbons (Fsp3) is 0.600. The summed E-state index contributed by atoms with van der Waals surface area (Å²) in [5, 5.41) is 0. The summed E-state index contributed by atoms with van der Waals surface area (Å²) in [5.74, 6) is 0. The molecule has 0 aliphatic carbocycles. The van der Waals surface area contributed by atoms with E-state index in [1.54, 1.807) is 0 Å². The van der Waals surface area contributed by atoms with Crippen LogP contribution in [0, 0.1) is 0 Å². The molecule has 0 radical (unpaired) electrons. The SMILES string of the molecule is C[C@H](N)c1ccccc1N(C)CC1CCCCO1. The normalized spacial score (nSPS) is 21.6. The molecule has 0 bridgehead atoms. The first kappa shape index (κ1) is 13.4. The average Bonchev–Trinajstić information content (AvgIpc) is 2.40. The van der Waals surface area contributed by atoms with Crippen LogP contribution in [0.5, 0.6) is 0 Å². The molecule has 3 nitrogen and oxygen atoms in total. The van der Waals surface area contributed by atoms with Crippen molar-refractivity contribution < 1.29 is 4.74 Å². The zero-order valence-corrected chi connectivity index (χ0v) is 11.4. The molecule has 18 heavy (non-hydrogen) atoms. The molecule has 2 N–H and O–H groups in total. The number of hydrogen-bond acceptors (Lipinski definition) is 3. The van der Waals surface area contributed by atoms with Crippen LogP contribution in [0.2, 0.25) is 0 Å². The molecule has 0 amide bonds. The largest absolute Gasteiger partial charge is 0.376 e. The van der Waals surface area contributed by atoms with Crippen LogP contribution < -0.4 is 10.6 Å². The third kappa shape index (κ3) is 3.24. The van der Waals surface area contributed by atoms with Gasteiger partial charge in [0.05, 0.1) is 6.10 Å². The molecule has 2 rings (SSSR count). The van der Waals surface area contributed by atoms with Crippen LogP contribution in [0.1, 0.15) is 37.8 Å². The lowest BCUT2D eigenvalue weighted by molar-refractivity contribution is 0.0216. The smallest absolute Gasteiger partial charge is 0.0749 e. The molecule has 0 spiro atoms. The van der Waals surface area contributed by atoms with Crippen LogP contribution in [-0.4, -0.2) is 26.3 Å². The summed E-state index contributed by atoms with van der Waals surface area (Å²) >= 11 is 0. The van der Waals surface area contributed by atoms with Crippen molar-refractivity contribution in [2.45, 2.75) is 38.3 Å². The number of para-hydroxylation sites is 1. The maximum absolute atomic E-state index is 6.03. The molecule has 1 aromatic rings. The number of ether oxygens (including phenoxy) is 1. The van der Waals surface area contributed by atoms with E-state index >= 15 is 0 Å². The lowest BCUT2D eigenvalue weighted by Crippen LogP contribution is -2.34. The molecular formula is C15H24N2O. The maximum Gasteiger partial charge on any atom is 0.0749 e. The summed E-state index contributed by atoms with van der Waals surface area (Å²) < 4.78 is 5.80. The molecule has 100 valence electrons. The average molecular weight is 248 g/mol. The van der Waals surface area contributed by atoms with E-state index in [2.05, 4.69) is 30.1 Å². The van der Waals surface area contributed by atoms with Crippen LogP contribution in [0.25, 0.3) is 0 Å². The Labute approximate surface area is 110 Å². The predicted molar refractivity (Wildman–Crippen MR) is 75.9 cm³/mol. The highest BCUT2D eigenvalue weighted by atomic mass is 16.5. The summed E-state index contributed by atoms with van der Waals surface area (Å²) in [6.45, 7) is 3.89. The third-order valence-corrected chi connectivity index (χ3v) is 3.59. The molecular weight excluding hydrogens is 224 g/mol. The topological polar surface area (TPSA) is 38.5 Å². The minimum absolute atomic E-state index is 0.0657. The van der Waals surface area contributed by atoms with Gasteiger partial charge >= 0.3 is 0 Å². The maximum atomic E-state index is 6.03. The van der Waals surface area contributed by atoms with Gasteiger partial charge in [0, 0.05) is 31.9 Å². The molecule has 1 aliphatic rings. The van der Waals surface area contributed by atoms with E-state index in [-0.39, 0.29) is 6.04 Å². The van der Waals surface area contributed by atoms with Gasteiger partial charge in [0.1, 0.15) is 0 Å². The van der Waals surface area contributed by atoms with Gasteiger partial charge in [-0.15, -0.1) is 0 Å². The number of likely N-dealkylation sites (N-methyl/N-ethyl adjacent to an activating group) is 1. The number of nitrogens with zero attached hydrogens (tertiary/aromatic N) is 1. The highest BCUT2D eigenvalue weighted by Crippen LogP contribution is 2.25. The quantitative estimate of drug-likeness (QED) is 0.890. The molecule has 1 saturated heterocycles. The number of hydrogen-bond donors (Lipinski definition) is 1. The minimum Gasteiger partial charge on any atom is -0.376 e. The zero-order chi connectivity index (χ0) is 13.0. The molecule has 0 aromatic heterocycles. The van der Waals surface area contributed by atoms with Gasteiger partial charge in [0.2, 0.25) is 0 Å². The van der Waals surface area contributed by atoms with Crippen LogP contribution in [0.15, 0.2) is 24.3 Å². The second-order valence-corrected chi connectivity index (χ2v) is 5.22. The van der Waals surface area contributed by atoms with Gasteiger partial charge < -0.3 is 15.4 Å². The Hall–Kier alpha value is -1.06. The Morgan fingerprint density at radius 3 is 2.83 bits per heavy atom. The lowest BCUT2D eigenvalue weighted by Gasteiger charge is -2.30. The molecule has 1 aromatic carbocycles. The van der Waals surface area contributed by atoms with Crippen molar-refractivity contribution in [2.24, 2.45) is 5.73 Å². The van der Waals surface area contributed by atoms with E-state index in [0.29, 0.717) is 6.10 Å². The van der Waals surface area contributed by atoms with E-state index in [9.17, 15) is 0 Å². The Kier molecular flexibility index (Phi) is 4.61. The fourth-order valence-electron chi connectivity index (χ4n) is 2.58. The molecule has 1 fully saturated rings. The standard InChI is InChI=1S/C15H24N2O/c1-12(16)14-8-3-4-9-15(14)17(2)11-13-7-5-6-10-18-13/h3-4,8-9,12-13H,5-7,10-11,16H2,1-2H3/t12-,13?/m0/s1. The van der Waals surface area contributed by atoms with E-state index in [1.165, 1.54) is 30.5 Å². The highest BCUT2D eigenvalue weighted by Gasteiger charge is 2.18. The van der Waals surface area contributed by atoms with Crippen molar-refractivity contribution in [3.8, 4) is 0 Å². The molecule has 1 unspecified atom stereocenters. The number of rotatable bonds is 4. The molecule has 3 heteroatoms. The van der Waals surface area contributed by atoms with Gasteiger partial charge in [0.15, 0.2) is 0 Å². The number of anilines is 1. The van der Waals surface area contributed by atoms with Crippen LogP contribution in [0.4, 0.5) is 5.69 Å². The van der Waals surface area contributed by atoms with Gasteiger partial charge in [-0.05, 0) is 37.8 Å². The first-order valence-electron chi connectivity index (χ1n) is 6.85. The first-order valence-corrected chi connectivity index (χ1v) is 6.85. The van der Waals surface area contributed by atoms with Crippen LogP contribution in [-0.2, 0) is 4.74 Å².